The largest absolute Gasteiger partial charge is 0.380 e. The van der Waals surface area contributed by atoms with Crippen LogP contribution in [0.1, 0.15) is 25.5 Å². The lowest BCUT2D eigenvalue weighted by atomic mass is 10.3. The van der Waals surface area contributed by atoms with Crippen LogP contribution < -0.4 is 10.2 Å². The zero-order valence-electron chi connectivity index (χ0n) is 11.5. The van der Waals surface area contributed by atoms with E-state index in [-0.39, 0.29) is 0 Å². The van der Waals surface area contributed by atoms with Crippen LogP contribution in [0.3, 0.4) is 0 Å². The van der Waals surface area contributed by atoms with Gasteiger partial charge in [0.1, 0.15) is 5.82 Å². The number of hydrogen-bond acceptors (Lipinski definition) is 4. The average Bonchev–Trinajstić information content (AvgIpc) is 2.70. The van der Waals surface area contributed by atoms with Gasteiger partial charge in [0, 0.05) is 26.2 Å². The van der Waals surface area contributed by atoms with E-state index in [2.05, 4.69) is 22.1 Å². The molecule has 0 atom stereocenters. The van der Waals surface area contributed by atoms with Crippen molar-refractivity contribution >= 4 is 17.4 Å². The van der Waals surface area contributed by atoms with E-state index in [1.807, 2.05) is 12.1 Å². The molecule has 2 heterocycles. The normalized spacial score (nSPS) is 16.4. The number of ether oxygens (including phenoxy) is 1. The maximum atomic E-state index is 6.20. The van der Waals surface area contributed by atoms with Crippen LogP contribution >= 0.6 is 11.6 Å². The van der Waals surface area contributed by atoms with Crippen LogP contribution in [0.4, 0.5) is 5.82 Å². The van der Waals surface area contributed by atoms with E-state index in [1.54, 1.807) is 0 Å². The Kier molecular flexibility index (Phi) is 5.89. The summed E-state index contributed by atoms with van der Waals surface area (Å²) >= 11 is 6.20. The summed E-state index contributed by atoms with van der Waals surface area (Å²) in [7, 11) is 0. The van der Waals surface area contributed by atoms with E-state index < -0.39 is 0 Å². The SMILES string of the molecule is CCCNCc1nc(N2CCCOCC2)ccc1Cl. The van der Waals surface area contributed by atoms with E-state index >= 15 is 0 Å². The van der Waals surface area contributed by atoms with E-state index in [0.29, 0.717) is 0 Å². The number of nitrogens with zero attached hydrogens (tertiary/aromatic N) is 2. The summed E-state index contributed by atoms with van der Waals surface area (Å²) in [5.74, 6) is 1.00. The van der Waals surface area contributed by atoms with Gasteiger partial charge in [0.25, 0.3) is 0 Å². The highest BCUT2D eigenvalue weighted by Gasteiger charge is 2.13. The Hall–Kier alpha value is -0.840. The quantitative estimate of drug-likeness (QED) is 0.843. The molecular weight excluding hydrogens is 262 g/mol. The van der Waals surface area contributed by atoms with Crippen molar-refractivity contribution in [3.05, 3.63) is 22.8 Å². The number of nitrogens with one attached hydrogen (secondary N) is 1. The molecule has 0 amide bonds. The summed E-state index contributed by atoms with van der Waals surface area (Å²) in [4.78, 5) is 6.96. The molecule has 5 heteroatoms. The van der Waals surface area contributed by atoms with Gasteiger partial charge in [0.05, 0.1) is 17.3 Å². The molecule has 1 aromatic rings. The van der Waals surface area contributed by atoms with Crippen molar-refractivity contribution < 1.29 is 4.74 Å². The molecule has 2 rings (SSSR count). The Morgan fingerprint density at radius 1 is 1.37 bits per heavy atom. The zero-order valence-corrected chi connectivity index (χ0v) is 12.2. The highest BCUT2D eigenvalue weighted by Crippen LogP contribution is 2.20. The van der Waals surface area contributed by atoms with Gasteiger partial charge in [-0.05, 0) is 31.5 Å². The molecule has 0 unspecified atom stereocenters. The van der Waals surface area contributed by atoms with E-state index in [4.69, 9.17) is 16.3 Å². The minimum absolute atomic E-state index is 0.727. The maximum Gasteiger partial charge on any atom is 0.129 e. The number of hydrogen-bond donors (Lipinski definition) is 1. The summed E-state index contributed by atoms with van der Waals surface area (Å²) in [5.41, 5.74) is 0.929. The smallest absolute Gasteiger partial charge is 0.129 e. The Labute approximate surface area is 120 Å². The van der Waals surface area contributed by atoms with Gasteiger partial charge >= 0.3 is 0 Å². The average molecular weight is 284 g/mol. The Balaban J connectivity index is 2.05. The van der Waals surface area contributed by atoms with Gasteiger partial charge in [0.15, 0.2) is 0 Å². The summed E-state index contributed by atoms with van der Waals surface area (Å²) in [6, 6.07) is 3.94. The molecule has 1 aliphatic rings. The van der Waals surface area contributed by atoms with Crippen LogP contribution in [0.25, 0.3) is 0 Å². The van der Waals surface area contributed by atoms with Gasteiger partial charge in [-0.25, -0.2) is 4.98 Å². The first kappa shape index (κ1) is 14.6. The lowest BCUT2D eigenvalue weighted by molar-refractivity contribution is 0.152. The van der Waals surface area contributed by atoms with Crippen LogP contribution in [-0.2, 0) is 11.3 Å². The Bertz CT molecular complexity index is 392. The molecule has 4 nitrogen and oxygen atoms in total. The standard InChI is InChI=1S/C14H22ClN3O/c1-2-6-16-11-13-12(15)4-5-14(17-13)18-7-3-9-19-10-8-18/h4-5,16H,2-3,6-11H2,1H3. The van der Waals surface area contributed by atoms with Gasteiger partial charge in [-0.1, -0.05) is 18.5 Å². The lowest BCUT2D eigenvalue weighted by Crippen LogP contribution is -2.27. The summed E-state index contributed by atoms with van der Waals surface area (Å²) in [5, 5.41) is 4.08. The highest BCUT2D eigenvalue weighted by atomic mass is 35.5. The number of pyridine rings is 1. The highest BCUT2D eigenvalue weighted by molar-refractivity contribution is 6.31. The van der Waals surface area contributed by atoms with E-state index in [0.717, 1.165) is 68.8 Å². The molecule has 0 radical (unpaired) electrons. The first-order valence-corrected chi connectivity index (χ1v) is 7.38. The molecule has 1 aliphatic heterocycles. The monoisotopic (exact) mass is 283 g/mol. The van der Waals surface area contributed by atoms with Crippen molar-refractivity contribution in [3.63, 3.8) is 0 Å². The minimum Gasteiger partial charge on any atom is -0.380 e. The molecule has 0 aromatic carbocycles. The number of rotatable bonds is 5. The summed E-state index contributed by atoms with van der Waals surface area (Å²) in [6.07, 6.45) is 2.16. The van der Waals surface area contributed by atoms with Gasteiger partial charge in [-0.3, -0.25) is 0 Å². The second-order valence-electron chi connectivity index (χ2n) is 4.73. The van der Waals surface area contributed by atoms with Gasteiger partial charge in [-0.2, -0.15) is 0 Å². The number of aromatic nitrogens is 1. The molecule has 0 spiro atoms. The molecule has 1 saturated heterocycles. The molecular formula is C14H22ClN3O. The number of anilines is 1. The fourth-order valence-electron chi connectivity index (χ4n) is 2.13. The summed E-state index contributed by atoms with van der Waals surface area (Å²) < 4.78 is 5.47. The second-order valence-corrected chi connectivity index (χ2v) is 5.13. The molecule has 1 aromatic heterocycles. The lowest BCUT2D eigenvalue weighted by Gasteiger charge is -2.21. The third-order valence-corrected chi connectivity index (χ3v) is 3.51. The van der Waals surface area contributed by atoms with Crippen LogP contribution in [0.15, 0.2) is 12.1 Å². The van der Waals surface area contributed by atoms with Gasteiger partial charge in [-0.15, -0.1) is 0 Å². The van der Waals surface area contributed by atoms with Crippen molar-refractivity contribution in [2.75, 3.05) is 37.7 Å². The molecule has 19 heavy (non-hydrogen) atoms. The third kappa shape index (κ3) is 4.34. The van der Waals surface area contributed by atoms with Crippen molar-refractivity contribution in [1.29, 1.82) is 0 Å². The predicted octanol–water partition coefficient (Wildman–Crippen LogP) is 2.46. The number of halogens is 1. The fraction of sp³-hybridized carbons (Fsp3) is 0.643. The predicted molar refractivity (Wildman–Crippen MR) is 78.9 cm³/mol. The topological polar surface area (TPSA) is 37.4 Å². The first-order valence-electron chi connectivity index (χ1n) is 7.00. The molecule has 0 aliphatic carbocycles. The fourth-order valence-corrected chi connectivity index (χ4v) is 2.30. The summed E-state index contributed by atoms with van der Waals surface area (Å²) in [6.45, 7) is 7.37. The van der Waals surface area contributed by atoms with Crippen molar-refractivity contribution in [2.24, 2.45) is 0 Å². The van der Waals surface area contributed by atoms with E-state index in [1.165, 1.54) is 0 Å². The van der Waals surface area contributed by atoms with Crippen LogP contribution in [0.2, 0.25) is 5.02 Å². The molecule has 1 N–H and O–H groups in total. The molecule has 1 fully saturated rings. The minimum atomic E-state index is 0.727. The molecule has 0 bridgehead atoms. The molecule has 106 valence electrons. The van der Waals surface area contributed by atoms with Crippen molar-refractivity contribution in [1.82, 2.24) is 10.3 Å². The van der Waals surface area contributed by atoms with E-state index in [9.17, 15) is 0 Å². The van der Waals surface area contributed by atoms with Crippen LogP contribution in [0.5, 0.6) is 0 Å². The van der Waals surface area contributed by atoms with Crippen molar-refractivity contribution in [2.45, 2.75) is 26.3 Å². The van der Waals surface area contributed by atoms with Crippen LogP contribution in [0, 0.1) is 0 Å². The first-order chi connectivity index (χ1) is 9.31. The zero-order chi connectivity index (χ0) is 13.5. The molecule has 0 saturated carbocycles. The Morgan fingerprint density at radius 2 is 2.26 bits per heavy atom. The Morgan fingerprint density at radius 3 is 3.11 bits per heavy atom. The second kappa shape index (κ2) is 7.68. The van der Waals surface area contributed by atoms with Gasteiger partial charge < -0.3 is 15.0 Å². The van der Waals surface area contributed by atoms with Crippen LogP contribution in [-0.4, -0.2) is 37.8 Å². The maximum absolute atomic E-state index is 6.20. The van der Waals surface area contributed by atoms with Gasteiger partial charge in [0.2, 0.25) is 0 Å². The van der Waals surface area contributed by atoms with Crippen molar-refractivity contribution in [3.8, 4) is 0 Å². The third-order valence-electron chi connectivity index (χ3n) is 3.17.